The second-order valence-corrected chi connectivity index (χ2v) is 8.92. The van der Waals surface area contributed by atoms with E-state index in [9.17, 15) is 9.90 Å². The van der Waals surface area contributed by atoms with Gasteiger partial charge in [-0.1, -0.05) is 35.9 Å². The third kappa shape index (κ3) is 4.23. The molecule has 0 spiro atoms. The molecule has 1 aliphatic carbocycles. The molecule has 5 rings (SSSR count). The molecule has 2 aliphatic rings. The fraction of sp³-hybridized carbons (Fsp3) is 0.417. The average Bonchev–Trinajstić information content (AvgIpc) is 3.34. The molecule has 0 radical (unpaired) electrons. The van der Waals surface area contributed by atoms with Gasteiger partial charge in [-0.2, -0.15) is 5.21 Å². The summed E-state index contributed by atoms with van der Waals surface area (Å²) in [4.78, 5) is 11.5. The number of H-pyrrole nitrogens is 1. The first-order chi connectivity index (χ1) is 15.6. The van der Waals surface area contributed by atoms with Gasteiger partial charge in [-0.25, -0.2) is 0 Å². The summed E-state index contributed by atoms with van der Waals surface area (Å²) in [7, 11) is 0. The number of piperidine rings is 1. The molecule has 0 bridgehead atoms. The number of benzene rings is 2. The minimum Gasteiger partial charge on any atom is -0.490 e. The van der Waals surface area contributed by atoms with Crippen molar-refractivity contribution >= 4 is 5.97 Å². The van der Waals surface area contributed by atoms with Crippen LogP contribution in [0, 0.1) is 18.8 Å². The Hall–Kier alpha value is -3.26. The Kier molecular flexibility index (Phi) is 5.61. The summed E-state index contributed by atoms with van der Waals surface area (Å²) in [5.41, 5.74) is 4.19. The minimum absolute atomic E-state index is 0.0303. The van der Waals surface area contributed by atoms with Crippen molar-refractivity contribution in [1.29, 1.82) is 0 Å². The summed E-state index contributed by atoms with van der Waals surface area (Å²) in [6.45, 7) is 2.84. The maximum Gasteiger partial charge on any atom is 0.320 e. The number of aryl methyl sites for hydroxylation is 1. The van der Waals surface area contributed by atoms with E-state index in [2.05, 4.69) is 57.1 Å². The Morgan fingerprint density at radius 1 is 1.06 bits per heavy atom. The molecule has 2 fully saturated rings. The van der Waals surface area contributed by atoms with Gasteiger partial charge >= 0.3 is 5.97 Å². The summed E-state index contributed by atoms with van der Waals surface area (Å²) in [6.07, 6.45) is 3.52. The van der Waals surface area contributed by atoms with Crippen LogP contribution in [0.1, 0.15) is 31.2 Å². The van der Waals surface area contributed by atoms with Gasteiger partial charge in [-0.3, -0.25) is 4.79 Å². The van der Waals surface area contributed by atoms with Crippen molar-refractivity contribution in [2.45, 2.75) is 44.8 Å². The number of fused-ring (bicyclic) bond motifs is 1. The number of nitrogens with one attached hydrogen (secondary N) is 2. The standard InChI is InChI=1S/C24H27N5O3/c1-14-2-4-15(5-3-14)16-7-9-20(23-26-28-29-27-23)22(12-16)32-19-8-6-17-13-25-21(24(30)31)11-18(17)10-19/h2-5,7,9,12,17-19,21,25H,6,8,10-11,13H2,1H3,(H,30,31)(H,26,27,28,29). The average molecular weight is 434 g/mol. The maximum absolute atomic E-state index is 11.5. The van der Waals surface area contributed by atoms with Gasteiger partial charge < -0.3 is 15.2 Å². The second-order valence-electron chi connectivity index (χ2n) is 8.92. The fourth-order valence-corrected chi connectivity index (χ4v) is 5.00. The molecule has 0 amide bonds. The van der Waals surface area contributed by atoms with E-state index in [1.165, 1.54) is 5.56 Å². The SMILES string of the molecule is Cc1ccc(-c2ccc(-c3nn[nH]n3)c(OC3CCC4CNC(C(=O)O)CC4C3)c2)cc1. The number of ether oxygens (including phenoxy) is 1. The lowest BCUT2D eigenvalue weighted by atomic mass is 9.72. The van der Waals surface area contributed by atoms with Crippen LogP contribution in [0.3, 0.4) is 0 Å². The largest absolute Gasteiger partial charge is 0.490 e. The molecule has 166 valence electrons. The van der Waals surface area contributed by atoms with Gasteiger partial charge in [0, 0.05) is 0 Å². The van der Waals surface area contributed by atoms with Gasteiger partial charge in [0.05, 0.1) is 11.7 Å². The molecule has 8 heteroatoms. The fourth-order valence-electron chi connectivity index (χ4n) is 5.00. The van der Waals surface area contributed by atoms with E-state index in [0.29, 0.717) is 24.1 Å². The number of carboxylic acid groups (broad SMARTS) is 1. The third-order valence-electron chi connectivity index (χ3n) is 6.80. The van der Waals surface area contributed by atoms with Crippen LogP contribution < -0.4 is 10.1 Å². The van der Waals surface area contributed by atoms with Gasteiger partial charge in [0.25, 0.3) is 0 Å². The van der Waals surface area contributed by atoms with E-state index < -0.39 is 12.0 Å². The molecule has 3 N–H and O–H groups in total. The Bertz CT molecular complexity index is 1080. The molecule has 32 heavy (non-hydrogen) atoms. The van der Waals surface area contributed by atoms with Crippen molar-refractivity contribution in [3.8, 4) is 28.3 Å². The highest BCUT2D eigenvalue weighted by Crippen LogP contribution is 2.39. The van der Waals surface area contributed by atoms with Gasteiger partial charge in [0.1, 0.15) is 11.8 Å². The number of tetrazole rings is 1. The van der Waals surface area contributed by atoms with Gasteiger partial charge in [-0.05, 0) is 79.5 Å². The van der Waals surface area contributed by atoms with Crippen molar-refractivity contribution in [3.05, 3.63) is 48.0 Å². The van der Waals surface area contributed by atoms with Gasteiger partial charge in [0.2, 0.25) is 5.82 Å². The summed E-state index contributed by atoms with van der Waals surface area (Å²) in [5, 5.41) is 27.1. The highest BCUT2D eigenvalue weighted by Gasteiger charge is 2.38. The Morgan fingerprint density at radius 2 is 1.88 bits per heavy atom. The zero-order chi connectivity index (χ0) is 22.1. The molecule has 1 saturated heterocycles. The van der Waals surface area contributed by atoms with Crippen molar-refractivity contribution in [2.75, 3.05) is 6.54 Å². The topological polar surface area (TPSA) is 113 Å². The maximum atomic E-state index is 11.5. The molecule has 1 saturated carbocycles. The van der Waals surface area contributed by atoms with Crippen molar-refractivity contribution in [3.63, 3.8) is 0 Å². The minimum atomic E-state index is -0.767. The Morgan fingerprint density at radius 3 is 2.62 bits per heavy atom. The number of aliphatic carboxylic acids is 1. The van der Waals surface area contributed by atoms with Crippen LogP contribution >= 0.6 is 0 Å². The van der Waals surface area contributed by atoms with Crippen LogP contribution in [-0.4, -0.2) is 50.4 Å². The number of aromatic amines is 1. The van der Waals surface area contributed by atoms with Crippen LogP contribution in [0.4, 0.5) is 0 Å². The third-order valence-corrected chi connectivity index (χ3v) is 6.80. The van der Waals surface area contributed by atoms with E-state index in [-0.39, 0.29) is 6.10 Å². The van der Waals surface area contributed by atoms with Crippen LogP contribution in [0.15, 0.2) is 42.5 Å². The zero-order valence-electron chi connectivity index (χ0n) is 18.0. The molecule has 2 aromatic carbocycles. The van der Waals surface area contributed by atoms with E-state index in [4.69, 9.17) is 4.74 Å². The first-order valence-electron chi connectivity index (χ1n) is 11.1. The van der Waals surface area contributed by atoms with E-state index in [1.807, 2.05) is 18.2 Å². The lowest BCUT2D eigenvalue weighted by molar-refractivity contribution is -0.141. The molecule has 4 unspecified atom stereocenters. The second kappa shape index (κ2) is 8.70. The van der Waals surface area contributed by atoms with Crippen molar-refractivity contribution in [2.24, 2.45) is 11.8 Å². The number of carbonyl (C=O) groups is 1. The van der Waals surface area contributed by atoms with Crippen LogP contribution in [0.25, 0.3) is 22.5 Å². The molecule has 8 nitrogen and oxygen atoms in total. The molecular weight excluding hydrogens is 406 g/mol. The van der Waals surface area contributed by atoms with Crippen molar-refractivity contribution in [1.82, 2.24) is 25.9 Å². The predicted octanol–water partition coefficient (Wildman–Crippen LogP) is 3.45. The van der Waals surface area contributed by atoms with Gasteiger partial charge in [-0.15, -0.1) is 10.2 Å². The number of rotatable bonds is 5. The number of hydrogen-bond donors (Lipinski definition) is 3. The number of nitrogens with zero attached hydrogens (tertiary/aromatic N) is 3. The normalized spacial score (nSPS) is 25.2. The smallest absolute Gasteiger partial charge is 0.320 e. The summed E-state index contributed by atoms with van der Waals surface area (Å²) >= 11 is 0. The zero-order valence-corrected chi connectivity index (χ0v) is 18.0. The highest BCUT2D eigenvalue weighted by atomic mass is 16.5. The molecular formula is C24H27N5O3. The number of hydrogen-bond acceptors (Lipinski definition) is 6. The monoisotopic (exact) mass is 433 g/mol. The van der Waals surface area contributed by atoms with E-state index in [1.54, 1.807) is 0 Å². The number of aromatic nitrogens is 4. The van der Waals surface area contributed by atoms with Crippen LogP contribution in [-0.2, 0) is 4.79 Å². The quantitative estimate of drug-likeness (QED) is 0.565. The highest BCUT2D eigenvalue weighted by molar-refractivity contribution is 5.74. The van der Waals surface area contributed by atoms with Crippen molar-refractivity contribution < 1.29 is 14.6 Å². The Balaban J connectivity index is 1.40. The molecule has 1 aliphatic heterocycles. The first-order valence-corrected chi connectivity index (χ1v) is 11.1. The summed E-state index contributed by atoms with van der Waals surface area (Å²) < 4.78 is 6.55. The lowest BCUT2D eigenvalue weighted by Gasteiger charge is -2.41. The molecule has 3 aromatic rings. The lowest BCUT2D eigenvalue weighted by Crippen LogP contribution is -2.50. The summed E-state index contributed by atoms with van der Waals surface area (Å²) in [5.74, 6) is 1.33. The molecule has 1 aromatic heterocycles. The Labute approximate surface area is 186 Å². The molecule has 2 heterocycles. The first kappa shape index (κ1) is 20.6. The van der Waals surface area contributed by atoms with E-state index in [0.717, 1.165) is 48.2 Å². The molecule has 4 atom stereocenters. The number of carboxylic acids is 1. The van der Waals surface area contributed by atoms with Crippen LogP contribution in [0.5, 0.6) is 5.75 Å². The summed E-state index contributed by atoms with van der Waals surface area (Å²) in [6, 6.07) is 14.0. The van der Waals surface area contributed by atoms with Crippen LogP contribution in [0.2, 0.25) is 0 Å². The van der Waals surface area contributed by atoms with Gasteiger partial charge in [0.15, 0.2) is 0 Å². The predicted molar refractivity (Wildman–Crippen MR) is 119 cm³/mol. The van der Waals surface area contributed by atoms with E-state index >= 15 is 0 Å².